The molecule has 4 rings (SSSR count). The van der Waals surface area contributed by atoms with Gasteiger partial charge in [0, 0.05) is 37.8 Å². The van der Waals surface area contributed by atoms with E-state index in [1.54, 1.807) is 0 Å². The summed E-state index contributed by atoms with van der Waals surface area (Å²) in [5, 5.41) is 0. The number of carbonyl (C=O) groups is 2. The first kappa shape index (κ1) is 19.6. The van der Waals surface area contributed by atoms with Crippen molar-refractivity contribution >= 4 is 11.8 Å². The summed E-state index contributed by atoms with van der Waals surface area (Å²) in [7, 11) is 0. The fraction of sp³-hybridized carbons (Fsp3) is 0.391. The molecule has 6 nitrogen and oxygen atoms in total. The van der Waals surface area contributed by atoms with Gasteiger partial charge in [-0.1, -0.05) is 49.4 Å². The number of hydrogen-bond donors (Lipinski definition) is 2. The van der Waals surface area contributed by atoms with Crippen LogP contribution in [-0.2, 0) is 11.2 Å². The minimum absolute atomic E-state index is 0.0459. The third-order valence-corrected chi connectivity index (χ3v) is 5.89. The highest BCUT2D eigenvalue weighted by atomic mass is 16.2. The summed E-state index contributed by atoms with van der Waals surface area (Å²) in [5.74, 6) is 0.153. The molecule has 152 valence electrons. The molecule has 2 amide bonds. The Morgan fingerprint density at radius 1 is 0.897 bits per heavy atom. The van der Waals surface area contributed by atoms with Crippen LogP contribution in [0.15, 0.2) is 54.6 Å². The molecule has 29 heavy (non-hydrogen) atoms. The number of aryl methyl sites for hydroxylation is 1. The second-order valence-corrected chi connectivity index (χ2v) is 7.71. The molecule has 0 saturated carbocycles. The quantitative estimate of drug-likeness (QED) is 0.837. The van der Waals surface area contributed by atoms with Crippen molar-refractivity contribution in [3.63, 3.8) is 0 Å². The topological polar surface area (TPSA) is 64.7 Å². The van der Waals surface area contributed by atoms with Gasteiger partial charge in [0.1, 0.15) is 6.04 Å². The number of nitrogens with one attached hydrogen (secondary N) is 2. The van der Waals surface area contributed by atoms with Gasteiger partial charge in [0.2, 0.25) is 5.91 Å². The van der Waals surface area contributed by atoms with Gasteiger partial charge in [0.05, 0.1) is 0 Å². The first-order valence-electron chi connectivity index (χ1n) is 10.4. The molecule has 2 aromatic rings. The van der Waals surface area contributed by atoms with E-state index < -0.39 is 0 Å². The number of nitrogens with zero attached hydrogens (tertiary/aromatic N) is 2. The lowest BCUT2D eigenvalue weighted by molar-refractivity contribution is -0.134. The molecule has 2 saturated heterocycles. The lowest BCUT2D eigenvalue weighted by Gasteiger charge is -2.36. The summed E-state index contributed by atoms with van der Waals surface area (Å²) >= 11 is 0. The average molecular weight is 393 g/mol. The highest BCUT2D eigenvalue weighted by Gasteiger charge is 2.34. The van der Waals surface area contributed by atoms with Crippen molar-refractivity contribution in [3.05, 3.63) is 71.3 Å². The maximum Gasteiger partial charge on any atom is 0.253 e. The maximum atomic E-state index is 12.9. The summed E-state index contributed by atoms with van der Waals surface area (Å²) in [6, 6.07) is 17.9. The summed E-state index contributed by atoms with van der Waals surface area (Å²) in [5.41, 5.74) is 9.51. The van der Waals surface area contributed by atoms with Crippen LogP contribution in [0.1, 0.15) is 40.9 Å². The van der Waals surface area contributed by atoms with E-state index in [9.17, 15) is 9.59 Å². The standard InChI is InChI=1S/C23H28N4O2/c1-2-17-8-10-19(11-9-17)22(28)26-12-14-27(15-13-26)23(29)21-16-20(24-25-21)18-6-4-3-5-7-18/h3-11,20-21,24-25H,2,12-16H2,1H3. The second-order valence-electron chi connectivity index (χ2n) is 7.71. The van der Waals surface area contributed by atoms with E-state index >= 15 is 0 Å². The first-order valence-corrected chi connectivity index (χ1v) is 10.4. The van der Waals surface area contributed by atoms with Gasteiger partial charge in [-0.3, -0.25) is 9.59 Å². The Morgan fingerprint density at radius 2 is 1.55 bits per heavy atom. The molecule has 2 aliphatic heterocycles. The molecule has 0 bridgehead atoms. The minimum Gasteiger partial charge on any atom is -0.338 e. The number of carbonyl (C=O) groups excluding carboxylic acids is 2. The number of hydrogen-bond acceptors (Lipinski definition) is 4. The SMILES string of the molecule is CCc1ccc(C(=O)N2CCN(C(=O)C3CC(c4ccccc4)NN3)CC2)cc1. The van der Waals surface area contributed by atoms with Gasteiger partial charge in [-0.05, 0) is 36.1 Å². The number of hydrazine groups is 1. The molecule has 0 radical (unpaired) electrons. The Hall–Kier alpha value is -2.70. The Morgan fingerprint density at radius 3 is 2.21 bits per heavy atom. The molecular formula is C23H28N4O2. The molecular weight excluding hydrogens is 364 g/mol. The van der Waals surface area contributed by atoms with Crippen molar-refractivity contribution in [2.45, 2.75) is 31.8 Å². The Labute approximate surface area is 171 Å². The third kappa shape index (κ3) is 4.33. The van der Waals surface area contributed by atoms with Crippen molar-refractivity contribution in [3.8, 4) is 0 Å². The van der Waals surface area contributed by atoms with E-state index in [2.05, 4.69) is 29.9 Å². The van der Waals surface area contributed by atoms with E-state index in [-0.39, 0.29) is 23.9 Å². The lowest BCUT2D eigenvalue weighted by Crippen LogP contribution is -2.54. The zero-order valence-corrected chi connectivity index (χ0v) is 16.8. The molecule has 2 atom stereocenters. The second kappa shape index (κ2) is 8.76. The molecule has 2 fully saturated rings. The van der Waals surface area contributed by atoms with Crippen LogP contribution in [0.2, 0.25) is 0 Å². The fourth-order valence-electron chi connectivity index (χ4n) is 4.04. The molecule has 0 aromatic heterocycles. The van der Waals surface area contributed by atoms with Crippen molar-refractivity contribution in [2.24, 2.45) is 0 Å². The summed E-state index contributed by atoms with van der Waals surface area (Å²) in [4.78, 5) is 29.4. The number of benzene rings is 2. The van der Waals surface area contributed by atoms with Crippen LogP contribution in [0.5, 0.6) is 0 Å². The molecule has 6 heteroatoms. The van der Waals surface area contributed by atoms with E-state index in [0.29, 0.717) is 31.7 Å². The van der Waals surface area contributed by atoms with Gasteiger partial charge in [-0.15, -0.1) is 0 Å². The normalized spacial score (nSPS) is 22.0. The average Bonchev–Trinajstić information content (AvgIpc) is 3.29. The number of rotatable bonds is 4. The van der Waals surface area contributed by atoms with E-state index in [4.69, 9.17) is 0 Å². The van der Waals surface area contributed by atoms with Crippen LogP contribution >= 0.6 is 0 Å². The molecule has 2 heterocycles. The monoisotopic (exact) mass is 392 g/mol. The highest BCUT2D eigenvalue weighted by molar-refractivity contribution is 5.94. The third-order valence-electron chi connectivity index (χ3n) is 5.89. The van der Waals surface area contributed by atoms with Gasteiger partial charge in [-0.25, -0.2) is 10.9 Å². The van der Waals surface area contributed by atoms with E-state index in [0.717, 1.165) is 12.8 Å². The van der Waals surface area contributed by atoms with Crippen LogP contribution in [0, 0.1) is 0 Å². The van der Waals surface area contributed by atoms with Gasteiger partial charge in [0.15, 0.2) is 0 Å². The Kier molecular flexibility index (Phi) is 5.92. The lowest BCUT2D eigenvalue weighted by atomic mass is 10.0. The van der Waals surface area contributed by atoms with E-state index in [1.165, 1.54) is 11.1 Å². The van der Waals surface area contributed by atoms with Crippen LogP contribution in [0.3, 0.4) is 0 Å². The van der Waals surface area contributed by atoms with Gasteiger partial charge in [0.25, 0.3) is 5.91 Å². The summed E-state index contributed by atoms with van der Waals surface area (Å²) < 4.78 is 0. The van der Waals surface area contributed by atoms with Crippen LogP contribution in [0.4, 0.5) is 0 Å². The van der Waals surface area contributed by atoms with Gasteiger partial charge >= 0.3 is 0 Å². The predicted molar refractivity (Wildman–Crippen MR) is 112 cm³/mol. The van der Waals surface area contributed by atoms with E-state index in [1.807, 2.05) is 52.3 Å². The molecule has 0 aliphatic carbocycles. The molecule has 2 aromatic carbocycles. The largest absolute Gasteiger partial charge is 0.338 e. The minimum atomic E-state index is -0.232. The predicted octanol–water partition coefficient (Wildman–Crippen LogP) is 2.14. The van der Waals surface area contributed by atoms with Gasteiger partial charge in [-0.2, -0.15) is 0 Å². The van der Waals surface area contributed by atoms with Gasteiger partial charge < -0.3 is 9.80 Å². The first-order chi connectivity index (χ1) is 14.2. The molecule has 2 unspecified atom stereocenters. The Bertz CT molecular complexity index is 845. The summed E-state index contributed by atoms with van der Waals surface area (Å²) in [6.45, 7) is 4.40. The maximum absolute atomic E-state index is 12.9. The number of amides is 2. The summed E-state index contributed by atoms with van der Waals surface area (Å²) in [6.07, 6.45) is 1.69. The van der Waals surface area contributed by atoms with Crippen LogP contribution < -0.4 is 10.9 Å². The fourth-order valence-corrected chi connectivity index (χ4v) is 4.04. The molecule has 2 aliphatic rings. The molecule has 2 N–H and O–H groups in total. The Balaban J connectivity index is 1.30. The van der Waals surface area contributed by atoms with Crippen LogP contribution in [0.25, 0.3) is 0 Å². The number of piperazine rings is 1. The zero-order chi connectivity index (χ0) is 20.2. The van der Waals surface area contributed by atoms with Crippen molar-refractivity contribution in [2.75, 3.05) is 26.2 Å². The van der Waals surface area contributed by atoms with Crippen molar-refractivity contribution < 1.29 is 9.59 Å². The highest BCUT2D eigenvalue weighted by Crippen LogP contribution is 2.23. The smallest absolute Gasteiger partial charge is 0.253 e. The zero-order valence-electron chi connectivity index (χ0n) is 16.8. The molecule has 0 spiro atoms. The van der Waals surface area contributed by atoms with Crippen molar-refractivity contribution in [1.29, 1.82) is 0 Å². The van der Waals surface area contributed by atoms with Crippen LogP contribution in [-0.4, -0.2) is 53.8 Å². The van der Waals surface area contributed by atoms with Crippen molar-refractivity contribution in [1.82, 2.24) is 20.7 Å².